The Kier molecular flexibility index (Phi) is 5.24. The third-order valence-corrected chi connectivity index (χ3v) is 8.33. The lowest BCUT2D eigenvalue weighted by Gasteiger charge is -2.30. The monoisotopic (exact) mass is 480 g/mol. The van der Waals surface area contributed by atoms with Crippen molar-refractivity contribution in [2.24, 2.45) is 0 Å². The molecule has 0 spiro atoms. The second-order valence-electron chi connectivity index (χ2n) is 13.2. The summed E-state index contributed by atoms with van der Waals surface area (Å²) in [7, 11) is 0. The summed E-state index contributed by atoms with van der Waals surface area (Å²) in [5.41, 5.74) is 4.28. The first-order chi connectivity index (χ1) is 16.1. The van der Waals surface area contributed by atoms with Gasteiger partial charge in [-0.15, -0.1) is 11.3 Å². The van der Waals surface area contributed by atoms with E-state index < -0.39 is 0 Å². The van der Waals surface area contributed by atoms with Gasteiger partial charge in [-0.05, 0) is 90.9 Å². The first-order valence-electron chi connectivity index (χ1n) is 12.6. The molecule has 0 aliphatic carbocycles. The largest absolute Gasteiger partial charge is 0.289 e. The van der Waals surface area contributed by atoms with Gasteiger partial charge in [0.1, 0.15) is 0 Å². The maximum Gasteiger partial charge on any atom is 0.195 e. The Labute approximate surface area is 212 Å². The van der Waals surface area contributed by atoms with E-state index in [0.717, 1.165) is 25.6 Å². The van der Waals surface area contributed by atoms with E-state index >= 15 is 0 Å². The van der Waals surface area contributed by atoms with Crippen molar-refractivity contribution in [3.63, 3.8) is 0 Å². The molecule has 1 heterocycles. The number of hydrogen-bond donors (Lipinski definition) is 0. The van der Waals surface area contributed by atoms with E-state index in [1.165, 1.54) is 32.8 Å². The van der Waals surface area contributed by atoms with Crippen LogP contribution in [0.25, 0.3) is 41.7 Å². The third kappa shape index (κ3) is 4.16. The molecule has 4 aromatic carbocycles. The van der Waals surface area contributed by atoms with Gasteiger partial charge in [0.15, 0.2) is 5.43 Å². The van der Waals surface area contributed by atoms with Gasteiger partial charge in [-0.2, -0.15) is 0 Å². The molecule has 2 heteroatoms. The van der Waals surface area contributed by atoms with E-state index in [1.807, 2.05) is 0 Å². The van der Waals surface area contributed by atoms with Crippen molar-refractivity contribution in [3.8, 4) is 0 Å². The fraction of sp³-hybridized carbons (Fsp3) is 0.364. The standard InChI is InChI=1S/C33H36OS/c1-31(2,3)23-10-11-28-25(18-23)30(34)24-14-19-12-20-15-26(32(4,5)6)27(33(7,8)9)16-21(20)13-22(19)17-29(24)35-28/h10-18H,1-9H3. The summed E-state index contributed by atoms with van der Waals surface area (Å²) in [5, 5.41) is 6.47. The zero-order valence-electron chi connectivity index (χ0n) is 22.5. The SMILES string of the molecule is CC(C)(C)c1ccc2sc3cc4cc5cc(C(C)(C)C)c(C(C)(C)C)cc5cc4cc3c(=O)c2c1. The van der Waals surface area contributed by atoms with Crippen LogP contribution in [0, 0.1) is 0 Å². The zero-order chi connectivity index (χ0) is 25.5. The summed E-state index contributed by atoms with van der Waals surface area (Å²) in [4.78, 5) is 13.6. The second kappa shape index (κ2) is 7.64. The number of benzene rings is 4. The fourth-order valence-corrected chi connectivity index (χ4v) is 6.19. The smallest absolute Gasteiger partial charge is 0.195 e. The van der Waals surface area contributed by atoms with Gasteiger partial charge in [-0.3, -0.25) is 4.79 Å². The Balaban J connectivity index is 1.82. The van der Waals surface area contributed by atoms with Gasteiger partial charge in [-0.25, -0.2) is 0 Å². The summed E-state index contributed by atoms with van der Waals surface area (Å²) < 4.78 is 2.11. The molecule has 1 aromatic heterocycles. The van der Waals surface area contributed by atoms with Crippen LogP contribution in [0.5, 0.6) is 0 Å². The molecular formula is C33H36OS. The number of hydrogen-bond acceptors (Lipinski definition) is 2. The summed E-state index contributed by atoms with van der Waals surface area (Å²) in [6.07, 6.45) is 0. The van der Waals surface area contributed by atoms with E-state index in [-0.39, 0.29) is 21.7 Å². The number of fused-ring (bicyclic) bond motifs is 4. The van der Waals surface area contributed by atoms with Crippen molar-refractivity contribution in [3.05, 3.63) is 81.5 Å². The van der Waals surface area contributed by atoms with Crippen molar-refractivity contribution >= 4 is 53.1 Å². The molecule has 0 atom stereocenters. The van der Waals surface area contributed by atoms with E-state index in [1.54, 1.807) is 11.3 Å². The lowest BCUT2D eigenvalue weighted by Crippen LogP contribution is -2.21. The minimum Gasteiger partial charge on any atom is -0.289 e. The molecule has 1 nitrogen and oxygen atoms in total. The fourth-order valence-electron chi connectivity index (χ4n) is 5.11. The lowest BCUT2D eigenvalue weighted by molar-refractivity contribution is 0.531. The molecule has 5 rings (SSSR count). The Bertz CT molecular complexity index is 1700. The van der Waals surface area contributed by atoms with Crippen LogP contribution in [-0.4, -0.2) is 0 Å². The van der Waals surface area contributed by atoms with Crippen LogP contribution < -0.4 is 5.43 Å². The molecule has 0 saturated carbocycles. The second-order valence-corrected chi connectivity index (χ2v) is 14.3. The molecule has 180 valence electrons. The van der Waals surface area contributed by atoms with Crippen molar-refractivity contribution < 1.29 is 0 Å². The summed E-state index contributed by atoms with van der Waals surface area (Å²) in [6.45, 7) is 20.3. The van der Waals surface area contributed by atoms with Crippen LogP contribution in [-0.2, 0) is 16.2 Å². The average molecular weight is 481 g/mol. The zero-order valence-corrected chi connectivity index (χ0v) is 23.3. The Morgan fingerprint density at radius 2 is 1.00 bits per heavy atom. The van der Waals surface area contributed by atoms with Crippen LogP contribution in [0.4, 0.5) is 0 Å². The van der Waals surface area contributed by atoms with E-state index in [9.17, 15) is 4.79 Å². The molecule has 0 aliphatic heterocycles. The maximum atomic E-state index is 13.6. The Morgan fingerprint density at radius 1 is 0.514 bits per heavy atom. The van der Waals surface area contributed by atoms with Crippen LogP contribution in [0.3, 0.4) is 0 Å². The third-order valence-electron chi connectivity index (χ3n) is 7.20. The highest BCUT2D eigenvalue weighted by atomic mass is 32.1. The molecule has 0 saturated heterocycles. The Morgan fingerprint density at radius 3 is 1.51 bits per heavy atom. The van der Waals surface area contributed by atoms with E-state index in [2.05, 4.69) is 117 Å². The van der Waals surface area contributed by atoms with Gasteiger partial charge in [-0.1, -0.05) is 80.5 Å². The van der Waals surface area contributed by atoms with Crippen molar-refractivity contribution in [2.45, 2.75) is 78.6 Å². The summed E-state index contributed by atoms with van der Waals surface area (Å²) in [5.74, 6) is 0. The molecule has 0 N–H and O–H groups in total. The Hall–Kier alpha value is -2.71. The van der Waals surface area contributed by atoms with Gasteiger partial charge in [0.05, 0.1) is 0 Å². The van der Waals surface area contributed by atoms with Crippen molar-refractivity contribution in [2.75, 3.05) is 0 Å². The van der Waals surface area contributed by atoms with Gasteiger partial charge in [0.25, 0.3) is 0 Å². The quantitative estimate of drug-likeness (QED) is 0.202. The van der Waals surface area contributed by atoms with Crippen molar-refractivity contribution in [1.82, 2.24) is 0 Å². The van der Waals surface area contributed by atoms with Crippen molar-refractivity contribution in [1.29, 1.82) is 0 Å². The molecule has 0 bridgehead atoms. The van der Waals surface area contributed by atoms with Gasteiger partial charge in [0.2, 0.25) is 0 Å². The molecule has 0 unspecified atom stereocenters. The van der Waals surface area contributed by atoms with E-state index in [0.29, 0.717) is 0 Å². The first kappa shape index (κ1) is 24.0. The highest BCUT2D eigenvalue weighted by molar-refractivity contribution is 7.24. The number of rotatable bonds is 0. The molecule has 0 aliphatic rings. The maximum absolute atomic E-state index is 13.6. The lowest BCUT2D eigenvalue weighted by atomic mass is 9.74. The summed E-state index contributed by atoms with van der Waals surface area (Å²) in [6, 6.07) is 20.0. The minimum absolute atomic E-state index is 0.0131. The van der Waals surface area contributed by atoms with Gasteiger partial charge in [0, 0.05) is 20.2 Å². The molecule has 5 aromatic rings. The molecule has 0 radical (unpaired) electrons. The topological polar surface area (TPSA) is 17.1 Å². The minimum atomic E-state index is 0.0131. The first-order valence-corrected chi connectivity index (χ1v) is 13.4. The van der Waals surface area contributed by atoms with Crippen LogP contribution in [0.2, 0.25) is 0 Å². The van der Waals surface area contributed by atoms with Crippen LogP contribution in [0.15, 0.2) is 59.4 Å². The molecular weight excluding hydrogens is 444 g/mol. The normalized spacial score (nSPS) is 13.4. The predicted molar refractivity (Wildman–Crippen MR) is 157 cm³/mol. The van der Waals surface area contributed by atoms with Gasteiger partial charge >= 0.3 is 0 Å². The molecule has 0 fully saturated rings. The van der Waals surface area contributed by atoms with Gasteiger partial charge < -0.3 is 0 Å². The molecule has 35 heavy (non-hydrogen) atoms. The summed E-state index contributed by atoms with van der Waals surface area (Å²) >= 11 is 1.72. The van der Waals surface area contributed by atoms with Crippen LogP contribution >= 0.6 is 11.3 Å². The highest BCUT2D eigenvalue weighted by Gasteiger charge is 2.25. The highest BCUT2D eigenvalue weighted by Crippen LogP contribution is 2.39. The molecule has 0 amide bonds. The van der Waals surface area contributed by atoms with Crippen LogP contribution in [0.1, 0.15) is 79.0 Å². The van der Waals surface area contributed by atoms with E-state index in [4.69, 9.17) is 0 Å². The predicted octanol–water partition coefficient (Wildman–Crippen LogP) is 9.61. The average Bonchev–Trinajstić information content (AvgIpc) is 2.74.